The van der Waals surface area contributed by atoms with Crippen LogP contribution in [0.25, 0.3) is 11.5 Å². The van der Waals surface area contributed by atoms with Crippen LogP contribution in [0, 0.1) is 25.7 Å². The van der Waals surface area contributed by atoms with Crippen LogP contribution < -0.4 is 10.6 Å². The lowest BCUT2D eigenvalue weighted by Gasteiger charge is -2.27. The number of hydrogen-bond donors (Lipinski definition) is 2. The molecule has 1 unspecified atom stereocenters. The van der Waals surface area contributed by atoms with Gasteiger partial charge in [-0.05, 0) is 69.3 Å². The second-order valence-electron chi connectivity index (χ2n) is 7.14. The van der Waals surface area contributed by atoms with Crippen LogP contribution in [0.2, 0.25) is 0 Å². The zero-order valence-electron chi connectivity index (χ0n) is 15.7. The Kier molecular flexibility index (Phi) is 7.23. The van der Waals surface area contributed by atoms with Gasteiger partial charge in [-0.2, -0.15) is 0 Å². The molecule has 1 aliphatic rings. The molecule has 2 aromatic rings. The number of rotatable bonds is 5. The highest BCUT2D eigenvalue weighted by atomic mass is 35.5. The van der Waals surface area contributed by atoms with Crippen LogP contribution in [-0.4, -0.2) is 24.0 Å². The number of oxazole rings is 1. The predicted molar refractivity (Wildman–Crippen MR) is 107 cm³/mol. The number of halogens is 1. The summed E-state index contributed by atoms with van der Waals surface area (Å²) < 4.78 is 5.51. The molecular formula is C20H28ClN3O2. The molecule has 2 heterocycles. The molecular weight excluding hydrogens is 350 g/mol. The van der Waals surface area contributed by atoms with Crippen molar-refractivity contribution in [1.82, 2.24) is 10.3 Å². The molecule has 1 atom stereocenters. The molecule has 0 radical (unpaired) electrons. The van der Waals surface area contributed by atoms with Crippen molar-refractivity contribution in [3.8, 4) is 11.5 Å². The first-order chi connectivity index (χ1) is 12.0. The Morgan fingerprint density at radius 3 is 2.73 bits per heavy atom. The van der Waals surface area contributed by atoms with E-state index in [0.717, 1.165) is 48.4 Å². The molecule has 0 saturated carbocycles. The van der Waals surface area contributed by atoms with E-state index in [2.05, 4.69) is 22.5 Å². The zero-order chi connectivity index (χ0) is 17.8. The molecule has 1 amide bonds. The van der Waals surface area contributed by atoms with Gasteiger partial charge >= 0.3 is 0 Å². The maximum absolute atomic E-state index is 12.4. The van der Waals surface area contributed by atoms with Gasteiger partial charge in [0.05, 0.1) is 5.69 Å². The van der Waals surface area contributed by atoms with Crippen molar-refractivity contribution in [2.24, 2.45) is 11.8 Å². The van der Waals surface area contributed by atoms with E-state index in [1.165, 1.54) is 0 Å². The van der Waals surface area contributed by atoms with Crippen LogP contribution >= 0.6 is 12.4 Å². The fraction of sp³-hybridized carbons (Fsp3) is 0.500. The summed E-state index contributed by atoms with van der Waals surface area (Å²) >= 11 is 0. The van der Waals surface area contributed by atoms with Crippen LogP contribution in [0.3, 0.4) is 0 Å². The van der Waals surface area contributed by atoms with E-state index in [1.807, 2.05) is 32.0 Å². The third-order valence-electron chi connectivity index (χ3n) is 5.07. The van der Waals surface area contributed by atoms with Crippen molar-refractivity contribution in [1.29, 1.82) is 0 Å². The van der Waals surface area contributed by atoms with E-state index in [0.29, 0.717) is 24.1 Å². The molecule has 5 nitrogen and oxygen atoms in total. The maximum atomic E-state index is 12.4. The highest BCUT2D eigenvalue weighted by Crippen LogP contribution is 2.27. The monoisotopic (exact) mass is 377 g/mol. The molecule has 1 aromatic carbocycles. The van der Waals surface area contributed by atoms with Crippen LogP contribution in [0.4, 0.5) is 5.69 Å². The van der Waals surface area contributed by atoms with E-state index in [9.17, 15) is 4.79 Å². The maximum Gasteiger partial charge on any atom is 0.226 e. The molecule has 1 aromatic heterocycles. The Morgan fingerprint density at radius 2 is 2.08 bits per heavy atom. The molecule has 6 heteroatoms. The molecule has 0 spiro atoms. The van der Waals surface area contributed by atoms with E-state index in [4.69, 9.17) is 4.42 Å². The van der Waals surface area contributed by atoms with Crippen LogP contribution in [0.5, 0.6) is 0 Å². The third kappa shape index (κ3) is 5.08. The van der Waals surface area contributed by atoms with E-state index in [1.54, 1.807) is 6.26 Å². The largest absolute Gasteiger partial charge is 0.444 e. The number of piperidine rings is 1. The fourth-order valence-corrected chi connectivity index (χ4v) is 3.49. The van der Waals surface area contributed by atoms with E-state index >= 15 is 0 Å². The topological polar surface area (TPSA) is 67.2 Å². The number of nitrogens with zero attached hydrogens (tertiary/aromatic N) is 1. The minimum Gasteiger partial charge on any atom is -0.444 e. The Balaban J connectivity index is 0.00000243. The summed E-state index contributed by atoms with van der Waals surface area (Å²) in [6, 6.07) is 5.86. The van der Waals surface area contributed by atoms with Crippen LogP contribution in [0.1, 0.15) is 37.4 Å². The summed E-state index contributed by atoms with van der Waals surface area (Å²) in [4.78, 5) is 16.8. The molecule has 1 aliphatic heterocycles. The first-order valence-corrected chi connectivity index (χ1v) is 9.06. The third-order valence-corrected chi connectivity index (χ3v) is 5.07. The predicted octanol–water partition coefficient (Wildman–Crippen LogP) is 4.34. The van der Waals surface area contributed by atoms with Gasteiger partial charge in [0, 0.05) is 17.7 Å². The summed E-state index contributed by atoms with van der Waals surface area (Å²) in [7, 11) is 0. The number of anilines is 1. The van der Waals surface area contributed by atoms with Crippen LogP contribution in [0.15, 0.2) is 28.9 Å². The first kappa shape index (κ1) is 20.5. The summed E-state index contributed by atoms with van der Waals surface area (Å²) in [5, 5.41) is 6.41. The van der Waals surface area contributed by atoms with E-state index in [-0.39, 0.29) is 18.3 Å². The minimum atomic E-state index is 0. The van der Waals surface area contributed by atoms with Crippen molar-refractivity contribution in [3.63, 3.8) is 0 Å². The van der Waals surface area contributed by atoms with Gasteiger partial charge in [-0.1, -0.05) is 13.0 Å². The van der Waals surface area contributed by atoms with Crippen molar-refractivity contribution in [3.05, 3.63) is 35.7 Å². The van der Waals surface area contributed by atoms with Crippen molar-refractivity contribution < 1.29 is 9.21 Å². The van der Waals surface area contributed by atoms with Gasteiger partial charge < -0.3 is 15.1 Å². The second kappa shape index (κ2) is 9.19. The average molecular weight is 378 g/mol. The Hall–Kier alpha value is -1.85. The normalized spacial score (nSPS) is 16.0. The molecule has 2 N–H and O–H groups in total. The summed E-state index contributed by atoms with van der Waals surface area (Å²) in [5.41, 5.74) is 3.62. The molecule has 0 bridgehead atoms. The SMILES string of the molecule is Cc1coc(-c2cc(NC(=O)CC(C)C3CCNCC3)ccc2C)n1.Cl. The number of hydrogen-bond acceptors (Lipinski definition) is 4. The number of carbonyl (C=O) groups excluding carboxylic acids is 1. The van der Waals surface area contributed by atoms with Crippen LogP contribution in [-0.2, 0) is 4.79 Å². The highest BCUT2D eigenvalue weighted by molar-refractivity contribution is 5.91. The fourth-order valence-electron chi connectivity index (χ4n) is 3.49. The summed E-state index contributed by atoms with van der Waals surface area (Å²) in [6.07, 6.45) is 4.52. The van der Waals surface area contributed by atoms with Crippen molar-refractivity contribution >= 4 is 24.0 Å². The first-order valence-electron chi connectivity index (χ1n) is 9.06. The van der Waals surface area contributed by atoms with E-state index < -0.39 is 0 Å². The van der Waals surface area contributed by atoms with Gasteiger partial charge in [0.25, 0.3) is 0 Å². The molecule has 3 rings (SSSR count). The molecule has 26 heavy (non-hydrogen) atoms. The van der Waals surface area contributed by atoms with Gasteiger partial charge in [-0.15, -0.1) is 12.4 Å². The molecule has 142 valence electrons. The highest BCUT2D eigenvalue weighted by Gasteiger charge is 2.22. The zero-order valence-corrected chi connectivity index (χ0v) is 16.5. The van der Waals surface area contributed by atoms with Gasteiger partial charge in [-0.3, -0.25) is 4.79 Å². The Morgan fingerprint density at radius 1 is 1.35 bits per heavy atom. The average Bonchev–Trinajstić information content (AvgIpc) is 3.03. The van der Waals surface area contributed by atoms with Gasteiger partial charge in [0.1, 0.15) is 6.26 Å². The standard InChI is InChI=1S/C20H27N3O2.ClH/c1-13-4-5-17(11-18(13)20-22-15(3)12-25-20)23-19(24)10-14(2)16-6-8-21-9-7-16;/h4-5,11-12,14,16,21H,6-10H2,1-3H3,(H,23,24);1H. The smallest absolute Gasteiger partial charge is 0.226 e. The Labute approximate surface area is 161 Å². The van der Waals surface area contributed by atoms with Crippen molar-refractivity contribution in [2.45, 2.75) is 40.0 Å². The van der Waals surface area contributed by atoms with Gasteiger partial charge in [0.2, 0.25) is 11.8 Å². The van der Waals surface area contributed by atoms with Crippen molar-refractivity contribution in [2.75, 3.05) is 18.4 Å². The Bertz CT molecular complexity index is 738. The number of aryl methyl sites for hydroxylation is 2. The number of carbonyl (C=O) groups is 1. The quantitative estimate of drug-likeness (QED) is 0.813. The lowest BCUT2D eigenvalue weighted by atomic mass is 9.84. The van der Waals surface area contributed by atoms with Gasteiger partial charge in [0.15, 0.2) is 0 Å². The molecule has 0 aliphatic carbocycles. The lowest BCUT2D eigenvalue weighted by Crippen LogP contribution is -2.32. The minimum absolute atomic E-state index is 0. The number of amides is 1. The molecule has 1 saturated heterocycles. The number of benzene rings is 1. The summed E-state index contributed by atoms with van der Waals surface area (Å²) in [6.45, 7) is 8.22. The number of aromatic nitrogens is 1. The lowest BCUT2D eigenvalue weighted by molar-refractivity contribution is -0.117. The second-order valence-corrected chi connectivity index (χ2v) is 7.14. The molecule has 1 fully saturated rings. The summed E-state index contributed by atoms with van der Waals surface area (Å²) in [5.74, 6) is 1.70. The number of nitrogens with one attached hydrogen (secondary N) is 2. The van der Waals surface area contributed by atoms with Gasteiger partial charge in [-0.25, -0.2) is 4.98 Å².